The van der Waals surface area contributed by atoms with Crippen LogP contribution in [0.25, 0.3) is 33.4 Å². The van der Waals surface area contributed by atoms with Crippen LogP contribution >= 0.6 is 0 Å². The van der Waals surface area contributed by atoms with Crippen LogP contribution in [0.3, 0.4) is 0 Å². The number of carbonyl (C=O) groups excluding carboxylic acids is 1. The Labute approximate surface area is 249 Å². The summed E-state index contributed by atoms with van der Waals surface area (Å²) in [4.78, 5) is 13.8. The summed E-state index contributed by atoms with van der Waals surface area (Å²) in [5.41, 5.74) is 4.98. The van der Waals surface area contributed by atoms with Crippen molar-refractivity contribution >= 4 is 25.3 Å². The minimum Gasteiger partial charge on any atom is -0.507 e. The van der Waals surface area contributed by atoms with Gasteiger partial charge in [0.05, 0.1) is 36.2 Å². The Balaban J connectivity index is 1.90. The van der Waals surface area contributed by atoms with Gasteiger partial charge < -0.3 is 19.0 Å². The fourth-order valence-electron chi connectivity index (χ4n) is 4.48. The number of phenolic OH excluding ortho intramolecular Hbond substituents is 1. The Hall–Kier alpha value is -3.69. The molecule has 0 aliphatic carbocycles. The molecule has 0 amide bonds. The van der Waals surface area contributed by atoms with Crippen molar-refractivity contribution in [2.75, 3.05) is 7.11 Å². The van der Waals surface area contributed by atoms with Gasteiger partial charge in [0.2, 0.25) is 5.88 Å². The van der Waals surface area contributed by atoms with E-state index in [1.807, 2.05) is 77.1 Å². The zero-order valence-electron chi connectivity index (χ0n) is 26.7. The van der Waals surface area contributed by atoms with Gasteiger partial charge in [0.15, 0.2) is 8.32 Å². The number of aryl methyl sites for hydroxylation is 2. The maximum absolute atomic E-state index is 13.8. The Morgan fingerprint density at radius 1 is 0.952 bits per heavy atom. The number of ether oxygens (including phenoxy) is 2. The highest BCUT2D eigenvalue weighted by Crippen LogP contribution is 2.39. The number of carbonyl (C=O) groups is 1. The number of methoxy groups -OCH3 is 1. The molecule has 1 N–H and O–H groups in total. The first-order valence-electron chi connectivity index (χ1n) is 14.2. The number of hydrogen-bond donors (Lipinski definition) is 1. The van der Waals surface area contributed by atoms with Gasteiger partial charge in [-0.15, -0.1) is 10.2 Å². The lowest BCUT2D eigenvalue weighted by Gasteiger charge is -2.36. The van der Waals surface area contributed by atoms with Gasteiger partial charge in [0, 0.05) is 10.9 Å². The molecular formula is C33H43N3O5Si. The van der Waals surface area contributed by atoms with E-state index in [2.05, 4.69) is 44.1 Å². The van der Waals surface area contributed by atoms with Gasteiger partial charge in [-0.3, -0.25) is 0 Å². The molecule has 0 aliphatic rings. The van der Waals surface area contributed by atoms with Crippen molar-refractivity contribution in [2.45, 2.75) is 85.7 Å². The van der Waals surface area contributed by atoms with E-state index in [0.717, 1.165) is 27.6 Å². The summed E-state index contributed by atoms with van der Waals surface area (Å²) in [5, 5.41) is 20.0. The molecule has 42 heavy (non-hydrogen) atoms. The molecule has 0 atom stereocenters. The lowest BCUT2D eigenvalue weighted by atomic mass is 10.0. The molecule has 224 valence electrons. The van der Waals surface area contributed by atoms with E-state index in [-0.39, 0.29) is 16.7 Å². The lowest BCUT2D eigenvalue weighted by molar-refractivity contribution is 0.0547. The van der Waals surface area contributed by atoms with Gasteiger partial charge in [0.1, 0.15) is 11.4 Å². The first kappa shape index (κ1) is 31.2. The average Bonchev–Trinajstić information content (AvgIpc) is 3.27. The molecule has 2 aromatic heterocycles. The zero-order chi connectivity index (χ0) is 31.2. The molecule has 2 heterocycles. The fourth-order valence-corrected chi connectivity index (χ4v) is 5.44. The second-order valence-electron chi connectivity index (χ2n) is 13.4. The molecule has 4 rings (SSSR count). The summed E-state index contributed by atoms with van der Waals surface area (Å²) >= 11 is 0. The lowest BCUT2D eigenvalue weighted by Crippen LogP contribution is -2.40. The van der Waals surface area contributed by atoms with E-state index in [4.69, 9.17) is 13.9 Å². The third-order valence-electron chi connectivity index (χ3n) is 7.87. The highest BCUT2D eigenvalue weighted by Gasteiger charge is 2.37. The molecule has 0 unspecified atom stereocenters. The minimum absolute atomic E-state index is 0.0815. The van der Waals surface area contributed by atoms with Crippen molar-refractivity contribution < 1.29 is 23.8 Å². The molecule has 9 heteroatoms. The maximum Gasteiger partial charge on any atom is 0.419 e. The summed E-state index contributed by atoms with van der Waals surface area (Å²) in [6.07, 6.45) is -0.508. The van der Waals surface area contributed by atoms with Crippen LogP contribution < -0.4 is 4.74 Å². The maximum atomic E-state index is 13.8. The largest absolute Gasteiger partial charge is 0.507 e. The van der Waals surface area contributed by atoms with Crippen LogP contribution in [-0.2, 0) is 15.8 Å². The standard InChI is InChI=1S/C33H43N3O5Si/c1-20-14-24(15-21(2)29(20)37)26-18-25(30(39-9)35-34-26)28-17-23-13-12-22(19-40-42(10,11)33(6,7)8)16-27(23)36(28)31(38)41-32(3,4)5/h12-18,37H,19H2,1-11H3. The number of aromatic hydroxyl groups is 1. The number of phenols is 1. The normalized spacial score (nSPS) is 12.5. The van der Waals surface area contributed by atoms with E-state index < -0.39 is 20.0 Å². The van der Waals surface area contributed by atoms with Crippen molar-refractivity contribution in [3.05, 3.63) is 59.2 Å². The Morgan fingerprint density at radius 2 is 1.60 bits per heavy atom. The smallest absolute Gasteiger partial charge is 0.419 e. The fraction of sp³-hybridized carbons (Fsp3) is 0.424. The first-order valence-corrected chi connectivity index (χ1v) is 17.1. The molecule has 4 aromatic rings. The first-order chi connectivity index (χ1) is 19.4. The summed E-state index contributed by atoms with van der Waals surface area (Å²) in [6.45, 7) is 20.8. The zero-order valence-corrected chi connectivity index (χ0v) is 27.7. The van der Waals surface area contributed by atoms with E-state index in [9.17, 15) is 9.90 Å². The van der Waals surface area contributed by atoms with Crippen LogP contribution in [0.2, 0.25) is 18.1 Å². The van der Waals surface area contributed by atoms with E-state index >= 15 is 0 Å². The third-order valence-corrected chi connectivity index (χ3v) is 12.3. The van der Waals surface area contributed by atoms with Crippen LogP contribution in [0.1, 0.15) is 58.2 Å². The Kier molecular flexibility index (Phi) is 8.32. The second kappa shape index (κ2) is 11.2. The van der Waals surface area contributed by atoms with Crippen molar-refractivity contribution in [1.29, 1.82) is 0 Å². The van der Waals surface area contributed by atoms with E-state index in [1.54, 1.807) is 4.57 Å². The number of hydrogen-bond acceptors (Lipinski definition) is 7. The summed E-state index contributed by atoms with van der Waals surface area (Å²) in [6, 6.07) is 13.5. The van der Waals surface area contributed by atoms with Crippen molar-refractivity contribution in [2.24, 2.45) is 0 Å². The molecular weight excluding hydrogens is 546 g/mol. The molecule has 0 saturated carbocycles. The summed E-state index contributed by atoms with van der Waals surface area (Å²) in [5.74, 6) is 0.527. The van der Waals surface area contributed by atoms with Crippen LogP contribution in [0.4, 0.5) is 4.79 Å². The Morgan fingerprint density at radius 3 is 2.17 bits per heavy atom. The molecule has 0 saturated heterocycles. The highest BCUT2D eigenvalue weighted by atomic mass is 28.4. The molecule has 0 spiro atoms. The van der Waals surface area contributed by atoms with Gasteiger partial charge >= 0.3 is 6.09 Å². The monoisotopic (exact) mass is 589 g/mol. The molecule has 0 fully saturated rings. The second-order valence-corrected chi connectivity index (χ2v) is 18.2. The summed E-state index contributed by atoms with van der Waals surface area (Å²) in [7, 11) is -0.452. The topological polar surface area (TPSA) is 95.7 Å². The van der Waals surface area contributed by atoms with E-state index in [1.165, 1.54) is 7.11 Å². The Bertz CT molecular complexity index is 1620. The number of benzene rings is 2. The average molecular weight is 590 g/mol. The van der Waals surface area contributed by atoms with Gasteiger partial charge in [0.25, 0.3) is 0 Å². The SMILES string of the molecule is COc1nnc(-c2cc(C)c(O)c(C)c2)cc1-c1cc2ccc(CO[Si](C)(C)C(C)(C)C)cc2n1C(=O)OC(C)(C)C. The van der Waals surface area contributed by atoms with Gasteiger partial charge in [-0.1, -0.05) is 32.9 Å². The van der Waals surface area contributed by atoms with Crippen LogP contribution in [0, 0.1) is 13.8 Å². The predicted octanol–water partition coefficient (Wildman–Crippen LogP) is 8.40. The highest BCUT2D eigenvalue weighted by molar-refractivity contribution is 6.74. The number of fused-ring (bicyclic) bond motifs is 1. The molecule has 0 bridgehead atoms. The van der Waals surface area contributed by atoms with Gasteiger partial charge in [-0.2, -0.15) is 0 Å². The molecule has 2 aromatic carbocycles. The van der Waals surface area contributed by atoms with Crippen molar-refractivity contribution in [1.82, 2.24) is 14.8 Å². The molecule has 0 aliphatic heterocycles. The number of aromatic nitrogens is 3. The van der Waals surface area contributed by atoms with Gasteiger partial charge in [-0.05, 0) is 99.8 Å². The van der Waals surface area contributed by atoms with Crippen molar-refractivity contribution in [3.63, 3.8) is 0 Å². The van der Waals surface area contributed by atoms with E-state index in [0.29, 0.717) is 29.1 Å². The number of rotatable bonds is 6. The predicted molar refractivity (Wildman–Crippen MR) is 170 cm³/mol. The minimum atomic E-state index is -1.98. The van der Waals surface area contributed by atoms with Crippen molar-refractivity contribution in [3.8, 4) is 34.1 Å². The van der Waals surface area contributed by atoms with Crippen LogP contribution in [0.5, 0.6) is 11.6 Å². The van der Waals surface area contributed by atoms with Crippen LogP contribution in [-0.4, -0.2) is 47.0 Å². The quantitative estimate of drug-likeness (QED) is 0.226. The van der Waals surface area contributed by atoms with Crippen LogP contribution in [0.15, 0.2) is 42.5 Å². The molecule has 0 radical (unpaired) electrons. The number of nitrogens with zero attached hydrogens (tertiary/aromatic N) is 3. The summed E-state index contributed by atoms with van der Waals surface area (Å²) < 4.78 is 19.6. The third kappa shape index (κ3) is 6.37. The molecule has 8 nitrogen and oxygen atoms in total. The van der Waals surface area contributed by atoms with Gasteiger partial charge in [-0.25, -0.2) is 9.36 Å².